The maximum absolute atomic E-state index is 12.8. The quantitative estimate of drug-likeness (QED) is 0.773. The van der Waals surface area contributed by atoms with Gasteiger partial charge in [0, 0.05) is 5.88 Å². The predicted molar refractivity (Wildman–Crippen MR) is 82.4 cm³/mol. The number of benzene rings is 2. The Labute approximate surface area is 129 Å². The van der Waals surface area contributed by atoms with Gasteiger partial charge in [0.25, 0.3) is 0 Å². The van der Waals surface area contributed by atoms with E-state index < -0.39 is 5.60 Å². The molecular formula is C17H18ClFO2. The van der Waals surface area contributed by atoms with Crippen LogP contribution in [0.2, 0.25) is 0 Å². The summed E-state index contributed by atoms with van der Waals surface area (Å²) < 4.78 is 18.4. The highest BCUT2D eigenvalue weighted by molar-refractivity contribution is 6.17. The molecule has 2 nitrogen and oxygen atoms in total. The van der Waals surface area contributed by atoms with Gasteiger partial charge in [-0.25, -0.2) is 4.39 Å². The fraction of sp³-hybridized carbons (Fsp3) is 0.294. The van der Waals surface area contributed by atoms with Crippen LogP contribution in [0, 0.1) is 5.82 Å². The Morgan fingerprint density at radius 1 is 1.05 bits per heavy atom. The van der Waals surface area contributed by atoms with Crippen LogP contribution in [0.5, 0.6) is 11.5 Å². The van der Waals surface area contributed by atoms with Gasteiger partial charge in [-0.05, 0) is 61.7 Å². The molecule has 0 heterocycles. The minimum Gasteiger partial charge on any atom is -0.457 e. The van der Waals surface area contributed by atoms with Crippen LogP contribution in [-0.4, -0.2) is 11.0 Å². The van der Waals surface area contributed by atoms with Crippen LogP contribution < -0.4 is 4.74 Å². The van der Waals surface area contributed by atoms with E-state index in [-0.39, 0.29) is 5.82 Å². The standard InChI is InChI=1S/C17H18ClFO2/c1-17(20,11-2-12-18)13-3-7-15(8-4-13)21-16-9-5-14(19)6-10-16/h3-10,20H,2,11-12H2,1H3. The SMILES string of the molecule is CC(O)(CCCCl)c1ccc(Oc2ccc(F)cc2)cc1. The van der Waals surface area contributed by atoms with Gasteiger partial charge >= 0.3 is 0 Å². The molecule has 0 bridgehead atoms. The Morgan fingerprint density at radius 3 is 2.10 bits per heavy atom. The number of alkyl halides is 1. The van der Waals surface area contributed by atoms with E-state index in [1.807, 2.05) is 12.1 Å². The molecule has 1 atom stereocenters. The van der Waals surface area contributed by atoms with Crippen LogP contribution in [0.1, 0.15) is 25.3 Å². The number of hydrogen-bond donors (Lipinski definition) is 1. The summed E-state index contributed by atoms with van der Waals surface area (Å²) in [5, 5.41) is 10.4. The van der Waals surface area contributed by atoms with Crippen LogP contribution in [0.25, 0.3) is 0 Å². The monoisotopic (exact) mass is 308 g/mol. The maximum atomic E-state index is 12.8. The minimum atomic E-state index is -0.900. The first-order valence-corrected chi connectivity index (χ1v) is 7.37. The van der Waals surface area contributed by atoms with Crippen LogP contribution >= 0.6 is 11.6 Å². The molecule has 0 saturated heterocycles. The van der Waals surface area contributed by atoms with E-state index in [2.05, 4.69) is 0 Å². The highest BCUT2D eigenvalue weighted by Crippen LogP contribution is 2.29. The molecule has 1 N–H and O–H groups in total. The molecule has 0 spiro atoms. The van der Waals surface area contributed by atoms with E-state index in [1.165, 1.54) is 12.1 Å². The van der Waals surface area contributed by atoms with Crippen molar-refractivity contribution in [3.05, 3.63) is 59.9 Å². The molecule has 0 saturated carbocycles. The summed E-state index contributed by atoms with van der Waals surface area (Å²) >= 11 is 5.66. The second-order valence-corrected chi connectivity index (χ2v) is 5.52. The van der Waals surface area contributed by atoms with E-state index in [1.54, 1.807) is 31.2 Å². The van der Waals surface area contributed by atoms with Crippen LogP contribution in [0.4, 0.5) is 4.39 Å². The number of aliphatic hydroxyl groups is 1. The van der Waals surface area contributed by atoms with E-state index in [9.17, 15) is 9.50 Å². The van der Waals surface area contributed by atoms with Gasteiger partial charge in [-0.2, -0.15) is 0 Å². The van der Waals surface area contributed by atoms with Crippen molar-refractivity contribution in [3.63, 3.8) is 0 Å². The summed E-state index contributed by atoms with van der Waals surface area (Å²) in [6, 6.07) is 13.1. The smallest absolute Gasteiger partial charge is 0.127 e. The van der Waals surface area contributed by atoms with Crippen molar-refractivity contribution in [1.82, 2.24) is 0 Å². The molecule has 2 rings (SSSR count). The molecule has 112 valence electrons. The van der Waals surface area contributed by atoms with E-state index >= 15 is 0 Å². The van der Waals surface area contributed by atoms with Gasteiger partial charge in [0.05, 0.1) is 5.60 Å². The first-order chi connectivity index (χ1) is 10.0. The fourth-order valence-corrected chi connectivity index (χ4v) is 2.21. The normalized spacial score (nSPS) is 13.7. The summed E-state index contributed by atoms with van der Waals surface area (Å²) in [4.78, 5) is 0. The van der Waals surface area contributed by atoms with Gasteiger partial charge in [0.15, 0.2) is 0 Å². The molecule has 21 heavy (non-hydrogen) atoms. The minimum absolute atomic E-state index is 0.298. The first kappa shape index (κ1) is 15.8. The van der Waals surface area contributed by atoms with Gasteiger partial charge in [0.2, 0.25) is 0 Å². The van der Waals surface area contributed by atoms with Crippen molar-refractivity contribution in [2.24, 2.45) is 0 Å². The third kappa shape index (κ3) is 4.45. The highest BCUT2D eigenvalue weighted by atomic mass is 35.5. The zero-order chi connectivity index (χ0) is 15.3. The number of halogens is 2. The second-order valence-electron chi connectivity index (χ2n) is 5.15. The Kier molecular flexibility index (Phi) is 5.21. The molecule has 0 aromatic heterocycles. The third-order valence-corrected chi connectivity index (χ3v) is 3.59. The lowest BCUT2D eigenvalue weighted by atomic mass is 9.91. The molecule has 0 amide bonds. The second kappa shape index (κ2) is 6.92. The Bertz CT molecular complexity index is 564. The average molecular weight is 309 g/mol. The molecule has 2 aromatic carbocycles. The van der Waals surface area contributed by atoms with Gasteiger partial charge in [0.1, 0.15) is 17.3 Å². The third-order valence-electron chi connectivity index (χ3n) is 3.32. The molecule has 2 aromatic rings. The summed E-state index contributed by atoms with van der Waals surface area (Å²) in [7, 11) is 0. The van der Waals surface area contributed by atoms with E-state index in [4.69, 9.17) is 16.3 Å². The molecule has 0 aliphatic carbocycles. The van der Waals surface area contributed by atoms with Gasteiger partial charge in [-0.3, -0.25) is 0 Å². The fourth-order valence-electron chi connectivity index (χ4n) is 2.08. The van der Waals surface area contributed by atoms with Crippen molar-refractivity contribution < 1.29 is 14.2 Å². The molecule has 0 aliphatic heterocycles. The summed E-state index contributed by atoms with van der Waals surface area (Å²) in [5.41, 5.74) is -0.0809. The maximum Gasteiger partial charge on any atom is 0.127 e. The lowest BCUT2D eigenvalue weighted by molar-refractivity contribution is 0.0471. The molecular weight excluding hydrogens is 291 g/mol. The van der Waals surface area contributed by atoms with Crippen molar-refractivity contribution >= 4 is 11.6 Å². The summed E-state index contributed by atoms with van der Waals surface area (Å²) in [6.45, 7) is 1.77. The number of ether oxygens (including phenoxy) is 1. The van der Waals surface area contributed by atoms with Crippen molar-refractivity contribution in [3.8, 4) is 11.5 Å². The Morgan fingerprint density at radius 2 is 1.57 bits per heavy atom. The Hall–Kier alpha value is -1.58. The largest absolute Gasteiger partial charge is 0.457 e. The molecule has 0 radical (unpaired) electrons. The first-order valence-electron chi connectivity index (χ1n) is 6.83. The number of rotatable bonds is 6. The van der Waals surface area contributed by atoms with Crippen LogP contribution in [-0.2, 0) is 5.60 Å². The molecule has 4 heteroatoms. The topological polar surface area (TPSA) is 29.5 Å². The number of hydrogen-bond acceptors (Lipinski definition) is 2. The van der Waals surface area contributed by atoms with Crippen LogP contribution in [0.3, 0.4) is 0 Å². The lowest BCUT2D eigenvalue weighted by Gasteiger charge is -2.23. The van der Waals surface area contributed by atoms with Crippen molar-refractivity contribution in [1.29, 1.82) is 0 Å². The zero-order valence-electron chi connectivity index (χ0n) is 11.9. The van der Waals surface area contributed by atoms with Gasteiger partial charge in [-0.15, -0.1) is 11.6 Å². The molecule has 1 unspecified atom stereocenters. The Balaban J connectivity index is 2.06. The van der Waals surface area contributed by atoms with Gasteiger partial charge in [-0.1, -0.05) is 12.1 Å². The summed E-state index contributed by atoms with van der Waals surface area (Å²) in [6.07, 6.45) is 1.36. The van der Waals surface area contributed by atoms with Crippen molar-refractivity contribution in [2.75, 3.05) is 5.88 Å². The summed E-state index contributed by atoms with van der Waals surface area (Å²) in [5.74, 6) is 1.44. The predicted octanol–water partition coefficient (Wildman–Crippen LogP) is 4.84. The van der Waals surface area contributed by atoms with Gasteiger partial charge < -0.3 is 9.84 Å². The zero-order valence-corrected chi connectivity index (χ0v) is 12.6. The molecule has 0 fully saturated rings. The van der Waals surface area contributed by atoms with Crippen molar-refractivity contribution in [2.45, 2.75) is 25.4 Å². The molecule has 0 aliphatic rings. The average Bonchev–Trinajstić information content (AvgIpc) is 2.48. The highest BCUT2D eigenvalue weighted by Gasteiger charge is 2.22. The van der Waals surface area contributed by atoms with E-state index in [0.717, 1.165) is 12.0 Å². The van der Waals surface area contributed by atoms with E-state index in [0.29, 0.717) is 23.8 Å². The van der Waals surface area contributed by atoms with Crippen LogP contribution in [0.15, 0.2) is 48.5 Å². The lowest BCUT2D eigenvalue weighted by Crippen LogP contribution is -2.21.